The second kappa shape index (κ2) is 4.89. The third kappa shape index (κ3) is 2.21. The van der Waals surface area contributed by atoms with Crippen LogP contribution in [-0.4, -0.2) is 51.6 Å². The van der Waals surface area contributed by atoms with Gasteiger partial charge in [0.25, 0.3) is 0 Å². The lowest BCUT2D eigenvalue weighted by Crippen LogP contribution is -2.54. The predicted octanol–water partition coefficient (Wildman–Crippen LogP) is 2.31. The minimum atomic E-state index is -0.698. The van der Waals surface area contributed by atoms with Gasteiger partial charge in [0.05, 0.1) is 0 Å². The largest absolute Gasteiger partial charge is 0.481 e. The molecule has 5 heteroatoms. The van der Waals surface area contributed by atoms with E-state index in [1.165, 1.54) is 19.3 Å². The maximum absolute atomic E-state index is 12.9. The van der Waals surface area contributed by atoms with Crippen LogP contribution < -0.4 is 0 Å². The summed E-state index contributed by atoms with van der Waals surface area (Å²) in [4.78, 5) is 28.1. The Labute approximate surface area is 125 Å². The summed E-state index contributed by atoms with van der Waals surface area (Å²) in [5.74, 6) is 0.302. The molecule has 116 valence electrons. The van der Waals surface area contributed by atoms with Gasteiger partial charge in [-0.2, -0.15) is 0 Å². The van der Waals surface area contributed by atoms with Gasteiger partial charge in [0.2, 0.25) is 0 Å². The maximum Gasteiger partial charge on any atom is 0.320 e. The number of nitrogens with zero attached hydrogens (tertiary/aromatic N) is 2. The zero-order valence-corrected chi connectivity index (χ0v) is 12.4. The van der Waals surface area contributed by atoms with Crippen LogP contribution >= 0.6 is 0 Å². The number of urea groups is 1. The Morgan fingerprint density at radius 1 is 0.952 bits per heavy atom. The number of hydrogen-bond donors (Lipinski definition) is 1. The summed E-state index contributed by atoms with van der Waals surface area (Å²) in [5, 5.41) is 8.99. The lowest BCUT2D eigenvalue weighted by atomic mass is 9.88. The smallest absolute Gasteiger partial charge is 0.320 e. The normalized spacial score (nSPS) is 40.9. The Hall–Kier alpha value is -1.26. The summed E-state index contributed by atoms with van der Waals surface area (Å²) in [6, 6.07) is 1.32. The third-order valence-corrected chi connectivity index (χ3v) is 6.17. The van der Waals surface area contributed by atoms with Gasteiger partial charge in [-0.3, -0.25) is 4.79 Å². The average Bonchev–Trinajstić information content (AvgIpc) is 3.11. The molecule has 0 spiro atoms. The highest BCUT2D eigenvalue weighted by Crippen LogP contribution is 2.43. The van der Waals surface area contributed by atoms with Crippen LogP contribution in [0.15, 0.2) is 0 Å². The van der Waals surface area contributed by atoms with Gasteiger partial charge >= 0.3 is 12.0 Å². The summed E-state index contributed by atoms with van der Waals surface area (Å²) in [7, 11) is 0. The van der Waals surface area contributed by atoms with Crippen LogP contribution in [0, 0.1) is 11.8 Å². The molecule has 0 aromatic carbocycles. The summed E-state index contributed by atoms with van der Waals surface area (Å²) >= 11 is 0. The molecule has 1 aliphatic carbocycles. The van der Waals surface area contributed by atoms with E-state index in [4.69, 9.17) is 5.11 Å². The second-order valence-corrected chi connectivity index (χ2v) is 7.50. The molecule has 3 aliphatic heterocycles. The van der Waals surface area contributed by atoms with Crippen LogP contribution in [0.25, 0.3) is 0 Å². The zero-order valence-electron chi connectivity index (χ0n) is 12.4. The first kappa shape index (κ1) is 13.4. The van der Waals surface area contributed by atoms with Crippen LogP contribution in [0.3, 0.4) is 0 Å². The Kier molecular flexibility index (Phi) is 3.12. The first-order valence-electron chi connectivity index (χ1n) is 8.42. The van der Waals surface area contributed by atoms with E-state index >= 15 is 0 Å². The molecule has 4 atom stereocenters. The monoisotopic (exact) mass is 292 g/mol. The van der Waals surface area contributed by atoms with Gasteiger partial charge in [0.15, 0.2) is 0 Å². The number of amides is 2. The molecule has 4 aliphatic rings. The van der Waals surface area contributed by atoms with E-state index in [0.29, 0.717) is 18.1 Å². The molecule has 4 fully saturated rings. The van der Waals surface area contributed by atoms with Gasteiger partial charge in [0.1, 0.15) is 0 Å². The van der Waals surface area contributed by atoms with Crippen LogP contribution in [0.2, 0.25) is 0 Å². The Morgan fingerprint density at radius 3 is 2.14 bits per heavy atom. The highest BCUT2D eigenvalue weighted by molar-refractivity contribution is 5.77. The molecule has 3 heterocycles. The molecule has 4 bridgehead atoms. The minimum Gasteiger partial charge on any atom is -0.481 e. The number of carbonyl (C=O) groups is 2. The van der Waals surface area contributed by atoms with Gasteiger partial charge in [-0.05, 0) is 56.8 Å². The second-order valence-electron chi connectivity index (χ2n) is 7.50. The van der Waals surface area contributed by atoms with Crippen LogP contribution in [0.1, 0.15) is 51.4 Å². The van der Waals surface area contributed by atoms with Gasteiger partial charge in [-0.25, -0.2) is 4.79 Å². The van der Waals surface area contributed by atoms with E-state index in [9.17, 15) is 9.59 Å². The van der Waals surface area contributed by atoms with Crippen molar-refractivity contribution in [3.05, 3.63) is 0 Å². The summed E-state index contributed by atoms with van der Waals surface area (Å²) in [6.07, 6.45) is 7.85. The lowest BCUT2D eigenvalue weighted by molar-refractivity contribution is -0.138. The van der Waals surface area contributed by atoms with Crippen LogP contribution in [0.5, 0.6) is 0 Å². The number of aliphatic carboxylic acids is 1. The fourth-order valence-corrected chi connectivity index (χ4v) is 5.32. The van der Waals surface area contributed by atoms with Gasteiger partial charge in [-0.15, -0.1) is 0 Å². The molecular weight excluding hydrogens is 268 g/mol. The van der Waals surface area contributed by atoms with Crippen molar-refractivity contribution in [1.29, 1.82) is 0 Å². The molecule has 2 amide bonds. The zero-order chi connectivity index (χ0) is 14.6. The van der Waals surface area contributed by atoms with Crippen LogP contribution in [-0.2, 0) is 4.79 Å². The van der Waals surface area contributed by atoms with Crippen molar-refractivity contribution in [2.75, 3.05) is 6.54 Å². The van der Waals surface area contributed by atoms with Crippen molar-refractivity contribution >= 4 is 12.0 Å². The number of carbonyl (C=O) groups excluding carboxylic acids is 1. The van der Waals surface area contributed by atoms with Crippen LogP contribution in [0.4, 0.5) is 4.79 Å². The highest BCUT2D eigenvalue weighted by Gasteiger charge is 2.48. The summed E-state index contributed by atoms with van der Waals surface area (Å²) < 4.78 is 0. The number of rotatable bonds is 2. The number of piperidine rings is 2. The molecule has 1 N–H and O–H groups in total. The molecule has 0 radical (unpaired) electrons. The Balaban J connectivity index is 1.45. The Morgan fingerprint density at radius 2 is 1.62 bits per heavy atom. The van der Waals surface area contributed by atoms with E-state index in [0.717, 1.165) is 38.1 Å². The van der Waals surface area contributed by atoms with E-state index in [2.05, 4.69) is 9.80 Å². The molecule has 0 aromatic heterocycles. The van der Waals surface area contributed by atoms with Gasteiger partial charge in [0, 0.05) is 31.1 Å². The number of likely N-dealkylation sites (tertiary alicyclic amines) is 1. The van der Waals surface area contributed by atoms with E-state index in [-0.39, 0.29) is 18.4 Å². The highest BCUT2D eigenvalue weighted by atomic mass is 16.4. The molecular formula is C16H24N2O3. The van der Waals surface area contributed by atoms with E-state index in [1.54, 1.807) is 0 Å². The van der Waals surface area contributed by atoms with Gasteiger partial charge in [-0.1, -0.05) is 0 Å². The fourth-order valence-electron chi connectivity index (χ4n) is 5.32. The number of carboxylic acid groups (broad SMARTS) is 1. The van der Waals surface area contributed by atoms with Gasteiger partial charge < -0.3 is 14.9 Å². The average molecular weight is 292 g/mol. The summed E-state index contributed by atoms with van der Waals surface area (Å²) in [5.41, 5.74) is 0. The van der Waals surface area contributed by atoms with Crippen molar-refractivity contribution in [3.63, 3.8) is 0 Å². The van der Waals surface area contributed by atoms with Crippen molar-refractivity contribution in [2.45, 2.75) is 69.5 Å². The molecule has 21 heavy (non-hydrogen) atoms. The van der Waals surface area contributed by atoms with E-state index in [1.807, 2.05) is 0 Å². The number of carboxylic acids is 1. The lowest BCUT2D eigenvalue weighted by Gasteiger charge is -2.42. The van der Waals surface area contributed by atoms with Crippen molar-refractivity contribution in [2.24, 2.45) is 11.8 Å². The minimum absolute atomic E-state index is 0.253. The van der Waals surface area contributed by atoms with E-state index < -0.39 is 5.97 Å². The topological polar surface area (TPSA) is 60.9 Å². The quantitative estimate of drug-likeness (QED) is 0.849. The third-order valence-electron chi connectivity index (χ3n) is 6.17. The molecule has 5 nitrogen and oxygen atoms in total. The molecule has 0 aromatic rings. The molecule has 3 saturated heterocycles. The first-order chi connectivity index (χ1) is 10.1. The Bertz CT molecular complexity index is 452. The maximum atomic E-state index is 12.9. The van der Waals surface area contributed by atoms with Crippen molar-refractivity contribution < 1.29 is 14.7 Å². The molecule has 4 unspecified atom stereocenters. The predicted molar refractivity (Wildman–Crippen MR) is 76.9 cm³/mol. The van der Waals surface area contributed by atoms with Crippen molar-refractivity contribution in [1.82, 2.24) is 9.80 Å². The fraction of sp³-hybridized carbons (Fsp3) is 0.875. The number of fused-ring (bicyclic) bond motifs is 4. The first-order valence-corrected chi connectivity index (χ1v) is 8.42. The molecule has 4 rings (SSSR count). The standard InChI is InChI=1S/C16H24N2O3/c19-15(20)8-11-6-13-3-4-14(7-11)18(13)16(21)17-9-10-1-2-12(17)5-10/h10-14H,1-9H2,(H,19,20). The molecule has 1 saturated carbocycles. The SMILES string of the molecule is O=C(O)CC1CC2CCC(C1)N2C(=O)N1CC2CCC1C2. The van der Waals surface area contributed by atoms with Crippen molar-refractivity contribution in [3.8, 4) is 0 Å². The number of hydrogen-bond acceptors (Lipinski definition) is 2. The summed E-state index contributed by atoms with van der Waals surface area (Å²) in [6.45, 7) is 0.956.